The topological polar surface area (TPSA) is 26.3 Å². The third-order valence-electron chi connectivity index (χ3n) is 1.80. The van der Waals surface area contributed by atoms with Crippen molar-refractivity contribution in [2.75, 3.05) is 13.7 Å². The van der Waals surface area contributed by atoms with Crippen LogP contribution in [-0.2, 0) is 4.74 Å². The molecule has 1 aromatic rings. The van der Waals surface area contributed by atoms with Gasteiger partial charge in [0.05, 0.1) is 5.56 Å². The van der Waals surface area contributed by atoms with Crippen molar-refractivity contribution >= 4 is 17.4 Å². The first-order valence-electron chi connectivity index (χ1n) is 4.04. The van der Waals surface area contributed by atoms with Crippen molar-refractivity contribution in [3.63, 3.8) is 0 Å². The number of aryl methyl sites for hydroxylation is 1. The average Bonchev–Trinajstić information content (AvgIpc) is 2.11. The van der Waals surface area contributed by atoms with Crippen LogP contribution in [-0.4, -0.2) is 19.5 Å². The number of benzene rings is 1. The Bertz CT molecular complexity index is 363. The Morgan fingerprint density at radius 1 is 1.57 bits per heavy atom. The summed E-state index contributed by atoms with van der Waals surface area (Å²) < 4.78 is 18.1. The second-order valence-corrected chi connectivity index (χ2v) is 3.38. The molecule has 0 spiro atoms. The van der Waals surface area contributed by atoms with Gasteiger partial charge in [-0.1, -0.05) is 11.6 Å². The van der Waals surface area contributed by atoms with Gasteiger partial charge in [-0.05, 0) is 24.6 Å². The molecule has 0 N–H and O–H groups in total. The molecule has 0 aliphatic rings. The number of carbonyl (C=O) groups excluding carboxylic acids is 1. The molecule has 1 rings (SSSR count). The lowest BCUT2D eigenvalue weighted by Gasteiger charge is -2.05. The summed E-state index contributed by atoms with van der Waals surface area (Å²) in [6.45, 7) is 1.42. The largest absolute Gasteiger partial charge is 0.377 e. The first-order valence-corrected chi connectivity index (χ1v) is 4.42. The van der Waals surface area contributed by atoms with E-state index in [2.05, 4.69) is 4.74 Å². The van der Waals surface area contributed by atoms with Crippen LogP contribution in [0.1, 0.15) is 15.9 Å². The quantitative estimate of drug-likeness (QED) is 0.726. The maximum atomic E-state index is 13.4. The molecule has 0 aliphatic carbocycles. The van der Waals surface area contributed by atoms with Crippen LogP contribution in [0.3, 0.4) is 0 Å². The molecule has 0 saturated carbocycles. The highest BCUT2D eigenvalue weighted by Gasteiger charge is 2.14. The summed E-state index contributed by atoms with van der Waals surface area (Å²) in [6, 6.07) is 2.78. The maximum absolute atomic E-state index is 13.4. The first kappa shape index (κ1) is 11.1. The van der Waals surface area contributed by atoms with Crippen LogP contribution < -0.4 is 0 Å². The van der Waals surface area contributed by atoms with Crippen LogP contribution in [0.15, 0.2) is 12.1 Å². The highest BCUT2D eigenvalue weighted by atomic mass is 35.5. The Hall–Kier alpha value is -0.930. The number of hydrogen-bond acceptors (Lipinski definition) is 2. The van der Waals surface area contributed by atoms with E-state index >= 15 is 0 Å². The van der Waals surface area contributed by atoms with Gasteiger partial charge in [0.2, 0.25) is 0 Å². The molecular weight excluding hydrogens is 207 g/mol. The summed E-state index contributed by atoms with van der Waals surface area (Å²) in [5.74, 6) is -0.938. The molecule has 0 unspecified atom stereocenters. The number of methoxy groups -OCH3 is 1. The smallest absolute Gasteiger partial charge is 0.191 e. The SMILES string of the molecule is COCC(=O)c1cc(Cl)cc(C)c1F. The summed E-state index contributed by atoms with van der Waals surface area (Å²) in [5, 5.41) is 0.350. The summed E-state index contributed by atoms with van der Waals surface area (Å²) >= 11 is 5.71. The van der Waals surface area contributed by atoms with Crippen molar-refractivity contribution in [1.29, 1.82) is 0 Å². The number of halogens is 2. The maximum Gasteiger partial charge on any atom is 0.191 e. The van der Waals surface area contributed by atoms with Gasteiger partial charge < -0.3 is 4.74 Å². The number of ether oxygens (including phenoxy) is 1. The lowest BCUT2D eigenvalue weighted by atomic mass is 10.1. The van der Waals surface area contributed by atoms with Crippen LogP contribution in [0, 0.1) is 12.7 Å². The molecule has 2 nitrogen and oxygen atoms in total. The minimum Gasteiger partial charge on any atom is -0.377 e. The number of rotatable bonds is 3. The molecule has 0 saturated heterocycles. The van der Waals surface area contributed by atoms with Crippen LogP contribution in [0.25, 0.3) is 0 Å². The molecule has 0 aliphatic heterocycles. The highest BCUT2D eigenvalue weighted by molar-refractivity contribution is 6.31. The lowest BCUT2D eigenvalue weighted by Crippen LogP contribution is -2.10. The molecular formula is C10H10ClFO2. The summed E-state index contributed by atoms with van der Waals surface area (Å²) in [5.41, 5.74) is 0.341. The number of Topliss-reactive ketones (excluding diaryl/α,β-unsaturated/α-hetero) is 1. The van der Waals surface area contributed by atoms with E-state index in [4.69, 9.17) is 11.6 Å². The third kappa shape index (κ3) is 2.30. The van der Waals surface area contributed by atoms with E-state index in [9.17, 15) is 9.18 Å². The van der Waals surface area contributed by atoms with Gasteiger partial charge in [0.1, 0.15) is 12.4 Å². The fourth-order valence-electron chi connectivity index (χ4n) is 1.14. The molecule has 1 aromatic carbocycles. The molecule has 0 atom stereocenters. The fraction of sp³-hybridized carbons (Fsp3) is 0.300. The van der Waals surface area contributed by atoms with Gasteiger partial charge >= 0.3 is 0 Å². The van der Waals surface area contributed by atoms with Gasteiger partial charge in [-0.2, -0.15) is 0 Å². The predicted octanol–water partition coefficient (Wildman–Crippen LogP) is 2.62. The van der Waals surface area contributed by atoms with E-state index in [1.165, 1.54) is 19.2 Å². The molecule has 4 heteroatoms. The molecule has 0 amide bonds. The minimum absolute atomic E-state index is 0.0168. The van der Waals surface area contributed by atoms with Gasteiger partial charge in [0.25, 0.3) is 0 Å². The van der Waals surface area contributed by atoms with Crippen LogP contribution in [0.5, 0.6) is 0 Å². The second kappa shape index (κ2) is 4.53. The van der Waals surface area contributed by atoms with Crippen molar-refractivity contribution in [1.82, 2.24) is 0 Å². The standard InChI is InChI=1S/C10H10ClFO2/c1-6-3-7(11)4-8(10(6)12)9(13)5-14-2/h3-4H,5H2,1-2H3. The zero-order valence-corrected chi connectivity index (χ0v) is 8.69. The molecule has 0 fully saturated rings. The Labute approximate surface area is 86.6 Å². The van der Waals surface area contributed by atoms with E-state index < -0.39 is 11.6 Å². The predicted molar refractivity (Wildman–Crippen MR) is 52.4 cm³/mol. The Balaban J connectivity index is 3.13. The number of ketones is 1. The van der Waals surface area contributed by atoms with Gasteiger partial charge in [-0.15, -0.1) is 0 Å². The van der Waals surface area contributed by atoms with E-state index in [-0.39, 0.29) is 12.2 Å². The lowest BCUT2D eigenvalue weighted by molar-refractivity contribution is 0.0843. The van der Waals surface area contributed by atoms with Gasteiger partial charge in [-0.25, -0.2) is 4.39 Å². The Kier molecular flexibility index (Phi) is 3.61. The Morgan fingerprint density at radius 3 is 2.79 bits per heavy atom. The van der Waals surface area contributed by atoms with Crippen LogP contribution in [0.2, 0.25) is 5.02 Å². The second-order valence-electron chi connectivity index (χ2n) is 2.94. The van der Waals surface area contributed by atoms with Crippen molar-refractivity contribution in [2.45, 2.75) is 6.92 Å². The third-order valence-corrected chi connectivity index (χ3v) is 2.01. The zero-order chi connectivity index (χ0) is 10.7. The fourth-order valence-corrected chi connectivity index (χ4v) is 1.41. The normalized spacial score (nSPS) is 10.3. The molecule has 0 aromatic heterocycles. The molecule has 14 heavy (non-hydrogen) atoms. The van der Waals surface area contributed by atoms with Crippen LogP contribution in [0.4, 0.5) is 4.39 Å². The summed E-state index contributed by atoms with van der Waals surface area (Å²) in [7, 11) is 1.38. The minimum atomic E-state index is -0.531. The average molecular weight is 217 g/mol. The summed E-state index contributed by atoms with van der Waals surface area (Å²) in [6.07, 6.45) is 0. The van der Waals surface area contributed by atoms with Crippen molar-refractivity contribution in [3.8, 4) is 0 Å². The highest BCUT2D eigenvalue weighted by Crippen LogP contribution is 2.19. The molecule has 0 radical (unpaired) electrons. The van der Waals surface area contributed by atoms with E-state index in [0.717, 1.165) is 0 Å². The number of carbonyl (C=O) groups is 1. The van der Waals surface area contributed by atoms with Crippen molar-refractivity contribution in [3.05, 3.63) is 34.1 Å². The molecule has 0 bridgehead atoms. The monoisotopic (exact) mass is 216 g/mol. The van der Waals surface area contributed by atoms with Crippen LogP contribution >= 0.6 is 11.6 Å². The van der Waals surface area contributed by atoms with Crippen molar-refractivity contribution in [2.24, 2.45) is 0 Å². The van der Waals surface area contributed by atoms with Gasteiger partial charge in [-0.3, -0.25) is 4.79 Å². The molecule has 0 heterocycles. The van der Waals surface area contributed by atoms with E-state index in [1.807, 2.05) is 0 Å². The zero-order valence-electron chi connectivity index (χ0n) is 7.93. The van der Waals surface area contributed by atoms with E-state index in [1.54, 1.807) is 6.92 Å². The van der Waals surface area contributed by atoms with Crippen molar-refractivity contribution < 1.29 is 13.9 Å². The van der Waals surface area contributed by atoms with Gasteiger partial charge in [0, 0.05) is 12.1 Å². The van der Waals surface area contributed by atoms with E-state index in [0.29, 0.717) is 10.6 Å². The number of hydrogen-bond donors (Lipinski definition) is 0. The Morgan fingerprint density at radius 2 is 2.21 bits per heavy atom. The van der Waals surface area contributed by atoms with Gasteiger partial charge in [0.15, 0.2) is 5.78 Å². The molecule has 76 valence electrons. The summed E-state index contributed by atoms with van der Waals surface area (Å²) in [4.78, 5) is 11.3. The first-order chi connectivity index (χ1) is 6.56.